The smallest absolute Gasteiger partial charge is 0.225 e. The molecule has 5 nitrogen and oxygen atoms in total. The number of hydrogen-bond acceptors (Lipinski definition) is 6. The van der Waals surface area contributed by atoms with E-state index in [1.54, 1.807) is 11.3 Å². The number of carbonyl (C=O) groups excluding carboxylic acids is 1. The zero-order valence-corrected chi connectivity index (χ0v) is 18.1. The number of rotatable bonds is 8. The predicted molar refractivity (Wildman–Crippen MR) is 125 cm³/mol. The van der Waals surface area contributed by atoms with Crippen molar-refractivity contribution in [2.24, 2.45) is 0 Å². The zero-order valence-electron chi connectivity index (χ0n) is 16.5. The van der Waals surface area contributed by atoms with Crippen molar-refractivity contribution in [1.82, 2.24) is 9.97 Å². The Morgan fingerprint density at radius 1 is 1.03 bits per heavy atom. The molecule has 0 amide bonds. The van der Waals surface area contributed by atoms with Crippen LogP contribution in [-0.2, 0) is 13.1 Å². The van der Waals surface area contributed by atoms with Crippen molar-refractivity contribution >= 4 is 51.4 Å². The van der Waals surface area contributed by atoms with Gasteiger partial charge < -0.3 is 10.6 Å². The summed E-state index contributed by atoms with van der Waals surface area (Å²) < 4.78 is 0. The van der Waals surface area contributed by atoms with Crippen LogP contribution in [0.25, 0.3) is 10.9 Å². The summed E-state index contributed by atoms with van der Waals surface area (Å²) in [4.78, 5) is 22.3. The number of nitrogens with zero attached hydrogens (tertiary/aromatic N) is 2. The van der Waals surface area contributed by atoms with Crippen LogP contribution in [0.3, 0.4) is 0 Å². The van der Waals surface area contributed by atoms with Crippen LogP contribution < -0.4 is 10.6 Å². The van der Waals surface area contributed by atoms with Gasteiger partial charge in [0.25, 0.3) is 0 Å². The van der Waals surface area contributed by atoms with Crippen LogP contribution in [0.15, 0.2) is 60.0 Å². The van der Waals surface area contributed by atoms with E-state index in [4.69, 9.17) is 11.6 Å². The number of hydrogen-bond donors (Lipinski definition) is 2. The molecule has 0 bridgehead atoms. The summed E-state index contributed by atoms with van der Waals surface area (Å²) in [6, 6.07) is 17.3. The monoisotopic (exact) mass is 436 g/mol. The van der Waals surface area contributed by atoms with Crippen molar-refractivity contribution in [2.75, 3.05) is 10.6 Å². The van der Waals surface area contributed by atoms with Crippen LogP contribution in [0, 0.1) is 0 Å². The van der Waals surface area contributed by atoms with E-state index in [9.17, 15) is 4.79 Å². The zero-order chi connectivity index (χ0) is 20.9. The molecule has 2 aromatic carbocycles. The van der Waals surface area contributed by atoms with Gasteiger partial charge in [-0.1, -0.05) is 48.9 Å². The van der Waals surface area contributed by atoms with E-state index in [1.807, 2.05) is 60.8 Å². The van der Waals surface area contributed by atoms with Gasteiger partial charge in [0.2, 0.25) is 5.95 Å². The SMILES string of the molecule is CCC(=O)c1ccc(CNc2nc(NCc3cccs3)nc3ccc(Cl)cc23)cc1. The highest BCUT2D eigenvalue weighted by atomic mass is 35.5. The normalized spacial score (nSPS) is 10.9. The van der Waals surface area contributed by atoms with Crippen molar-refractivity contribution in [3.8, 4) is 0 Å². The lowest BCUT2D eigenvalue weighted by Gasteiger charge is -2.12. The molecule has 4 aromatic rings. The van der Waals surface area contributed by atoms with Crippen LogP contribution in [0.1, 0.15) is 34.1 Å². The van der Waals surface area contributed by atoms with E-state index in [0.717, 1.165) is 22.0 Å². The first-order chi connectivity index (χ1) is 14.6. The number of anilines is 2. The van der Waals surface area contributed by atoms with Crippen molar-refractivity contribution in [2.45, 2.75) is 26.4 Å². The minimum absolute atomic E-state index is 0.146. The van der Waals surface area contributed by atoms with E-state index < -0.39 is 0 Å². The fourth-order valence-electron chi connectivity index (χ4n) is 3.09. The largest absolute Gasteiger partial charge is 0.365 e. The number of aromatic nitrogens is 2. The third-order valence-corrected chi connectivity index (χ3v) is 5.83. The fourth-order valence-corrected chi connectivity index (χ4v) is 3.91. The Morgan fingerprint density at radius 3 is 2.60 bits per heavy atom. The number of nitrogens with one attached hydrogen (secondary N) is 2. The average molecular weight is 437 g/mol. The summed E-state index contributed by atoms with van der Waals surface area (Å²) in [6.45, 7) is 3.11. The number of benzene rings is 2. The van der Waals surface area contributed by atoms with Gasteiger partial charge in [-0.15, -0.1) is 11.3 Å². The Labute approximate surface area is 184 Å². The molecule has 30 heavy (non-hydrogen) atoms. The highest BCUT2D eigenvalue weighted by Crippen LogP contribution is 2.26. The maximum Gasteiger partial charge on any atom is 0.225 e. The molecule has 0 fully saturated rings. The van der Waals surface area contributed by atoms with E-state index >= 15 is 0 Å². The average Bonchev–Trinajstić information content (AvgIpc) is 3.30. The van der Waals surface area contributed by atoms with Gasteiger partial charge in [-0.3, -0.25) is 4.79 Å². The van der Waals surface area contributed by atoms with Crippen molar-refractivity contribution in [3.05, 3.63) is 81.0 Å². The Bertz CT molecular complexity index is 1160. The summed E-state index contributed by atoms with van der Waals surface area (Å²) in [6.07, 6.45) is 0.506. The van der Waals surface area contributed by atoms with Crippen LogP contribution >= 0.6 is 22.9 Å². The highest BCUT2D eigenvalue weighted by Gasteiger charge is 2.10. The number of halogens is 1. The molecule has 0 saturated heterocycles. The van der Waals surface area contributed by atoms with Crippen LogP contribution in [-0.4, -0.2) is 15.8 Å². The van der Waals surface area contributed by atoms with E-state index in [1.165, 1.54) is 4.88 Å². The molecule has 2 aromatic heterocycles. The van der Waals surface area contributed by atoms with Crippen molar-refractivity contribution in [3.63, 3.8) is 0 Å². The van der Waals surface area contributed by atoms with Crippen LogP contribution in [0.4, 0.5) is 11.8 Å². The maximum absolute atomic E-state index is 11.8. The molecule has 152 valence electrons. The van der Waals surface area contributed by atoms with Gasteiger partial charge in [0.1, 0.15) is 5.82 Å². The molecule has 0 aliphatic carbocycles. The topological polar surface area (TPSA) is 66.9 Å². The lowest BCUT2D eigenvalue weighted by molar-refractivity contribution is 0.0988. The molecular formula is C23H21ClN4OS. The molecule has 0 atom stereocenters. The van der Waals surface area contributed by atoms with Gasteiger partial charge in [-0.05, 0) is 35.2 Å². The van der Waals surface area contributed by atoms with E-state index in [2.05, 4.69) is 26.7 Å². The Hall–Kier alpha value is -2.96. The van der Waals surface area contributed by atoms with Gasteiger partial charge in [-0.2, -0.15) is 4.98 Å². The number of thiophene rings is 1. The predicted octanol–water partition coefficient (Wildman–Crippen LogP) is 6.16. The summed E-state index contributed by atoms with van der Waals surface area (Å²) in [5, 5.41) is 10.2. The third kappa shape index (κ3) is 4.78. The van der Waals surface area contributed by atoms with Gasteiger partial charge in [0.15, 0.2) is 5.78 Å². The first kappa shape index (κ1) is 20.3. The second kappa shape index (κ2) is 9.24. The molecule has 2 N–H and O–H groups in total. The van der Waals surface area contributed by atoms with Crippen molar-refractivity contribution in [1.29, 1.82) is 0 Å². The Balaban J connectivity index is 1.56. The quantitative estimate of drug-likeness (QED) is 0.324. The van der Waals surface area contributed by atoms with Crippen LogP contribution in [0.2, 0.25) is 5.02 Å². The van der Waals surface area contributed by atoms with E-state index in [-0.39, 0.29) is 5.78 Å². The lowest BCUT2D eigenvalue weighted by Crippen LogP contribution is -2.08. The second-order valence-corrected chi connectivity index (χ2v) is 8.29. The number of Topliss-reactive ketones (excluding diaryl/α,β-unsaturated/α-hetero) is 1. The molecule has 0 saturated carbocycles. The van der Waals surface area contributed by atoms with Crippen molar-refractivity contribution < 1.29 is 4.79 Å². The molecule has 0 aliphatic heterocycles. The highest BCUT2D eigenvalue weighted by molar-refractivity contribution is 7.09. The molecule has 0 spiro atoms. The molecule has 7 heteroatoms. The molecular weight excluding hydrogens is 416 g/mol. The second-order valence-electron chi connectivity index (χ2n) is 6.82. The first-order valence-electron chi connectivity index (χ1n) is 9.72. The number of fused-ring (bicyclic) bond motifs is 1. The van der Waals surface area contributed by atoms with Gasteiger partial charge in [0.05, 0.1) is 12.1 Å². The minimum atomic E-state index is 0.146. The molecule has 0 radical (unpaired) electrons. The molecule has 4 rings (SSSR count). The van der Waals surface area contributed by atoms with Crippen LogP contribution in [0.5, 0.6) is 0 Å². The first-order valence-corrected chi connectivity index (χ1v) is 11.0. The standard InChI is InChI=1S/C23H21ClN4OS/c1-2-21(29)16-7-5-15(6-8-16)13-25-22-19-12-17(24)9-10-20(19)27-23(28-22)26-14-18-4-3-11-30-18/h3-12H,2,13-14H2,1H3,(H2,25,26,27,28). The third-order valence-electron chi connectivity index (χ3n) is 4.72. The van der Waals surface area contributed by atoms with Gasteiger partial charge >= 0.3 is 0 Å². The number of carbonyl (C=O) groups is 1. The summed E-state index contributed by atoms with van der Waals surface area (Å²) in [5.74, 6) is 1.42. The minimum Gasteiger partial charge on any atom is -0.365 e. The summed E-state index contributed by atoms with van der Waals surface area (Å²) in [5.41, 5.74) is 2.61. The Kier molecular flexibility index (Phi) is 6.26. The Morgan fingerprint density at radius 2 is 1.87 bits per heavy atom. The summed E-state index contributed by atoms with van der Waals surface area (Å²) >= 11 is 7.90. The van der Waals surface area contributed by atoms with E-state index in [0.29, 0.717) is 36.3 Å². The summed E-state index contributed by atoms with van der Waals surface area (Å²) in [7, 11) is 0. The fraction of sp³-hybridized carbons (Fsp3) is 0.174. The molecule has 0 aliphatic rings. The van der Waals surface area contributed by atoms with Gasteiger partial charge in [0, 0.05) is 33.8 Å². The number of ketones is 1. The van der Waals surface area contributed by atoms with Gasteiger partial charge in [-0.25, -0.2) is 4.98 Å². The lowest BCUT2D eigenvalue weighted by atomic mass is 10.1. The maximum atomic E-state index is 11.8. The molecule has 2 heterocycles. The molecule has 0 unspecified atom stereocenters.